The fourth-order valence-corrected chi connectivity index (χ4v) is 3.52. The largest absolute Gasteiger partial charge is 0.480 e. The van der Waals surface area contributed by atoms with Crippen molar-refractivity contribution in [2.45, 2.75) is 25.4 Å². The average Bonchev–Trinajstić information content (AvgIpc) is 2.82. The number of aliphatic carboxylic acids is 1. The number of likely N-dealkylation sites (tertiary alicyclic amines) is 1. The number of nitrogens with one attached hydrogen (secondary N) is 2. The molecule has 1 saturated heterocycles. The highest BCUT2D eigenvalue weighted by Gasteiger charge is 2.46. The van der Waals surface area contributed by atoms with Gasteiger partial charge >= 0.3 is 12.0 Å². The van der Waals surface area contributed by atoms with Gasteiger partial charge in [0.2, 0.25) is 5.91 Å². The molecular formula is C26H26N4O4. The van der Waals surface area contributed by atoms with E-state index in [0.717, 1.165) is 27.2 Å². The molecule has 1 unspecified atom stereocenters. The number of hydrogen-bond acceptors (Lipinski definition) is 4. The summed E-state index contributed by atoms with van der Waals surface area (Å²) in [4.78, 5) is 35.9. The number of rotatable bonds is 5. The number of carboxylic acid groups (broad SMARTS) is 1. The fraction of sp³-hybridized carbons (Fsp3) is 0.154. The summed E-state index contributed by atoms with van der Waals surface area (Å²) in [6, 6.07) is 23.9. The highest BCUT2D eigenvalue weighted by molar-refractivity contribution is 6.06. The minimum absolute atomic E-state index is 0.128. The quantitative estimate of drug-likeness (QED) is 0.264. The molecule has 0 bridgehead atoms. The van der Waals surface area contributed by atoms with Crippen LogP contribution in [0.15, 0.2) is 84.9 Å². The Bertz CT molecular complexity index is 1140. The number of nitrogens with two attached hydrogens (primary N) is 1. The second-order valence-corrected chi connectivity index (χ2v) is 7.81. The molecule has 8 heteroatoms. The van der Waals surface area contributed by atoms with Crippen molar-refractivity contribution < 1.29 is 19.5 Å². The van der Waals surface area contributed by atoms with Crippen LogP contribution in [0.4, 0.5) is 4.79 Å². The van der Waals surface area contributed by atoms with E-state index >= 15 is 0 Å². The zero-order chi connectivity index (χ0) is 24.7. The van der Waals surface area contributed by atoms with Gasteiger partial charge in [-0.05, 0) is 24.1 Å². The zero-order valence-electron chi connectivity index (χ0n) is 18.6. The molecular weight excluding hydrogens is 432 g/mol. The number of benzene rings is 3. The van der Waals surface area contributed by atoms with Gasteiger partial charge in [0.15, 0.2) is 0 Å². The van der Waals surface area contributed by atoms with Crippen molar-refractivity contribution in [2.24, 2.45) is 5.73 Å². The zero-order valence-corrected chi connectivity index (χ0v) is 18.6. The van der Waals surface area contributed by atoms with Gasteiger partial charge in [0, 0.05) is 5.56 Å². The number of hydrogen-bond donors (Lipinski definition) is 4. The van der Waals surface area contributed by atoms with Crippen molar-refractivity contribution in [1.82, 2.24) is 10.2 Å². The van der Waals surface area contributed by atoms with Crippen LogP contribution >= 0.6 is 0 Å². The van der Waals surface area contributed by atoms with Gasteiger partial charge in [-0.3, -0.25) is 10.2 Å². The molecule has 1 aliphatic heterocycles. The number of carbonyl (C=O) groups is 3. The number of β-lactam (4-membered cyclic amide) rings is 1. The molecule has 0 aliphatic carbocycles. The van der Waals surface area contributed by atoms with E-state index in [9.17, 15) is 14.4 Å². The summed E-state index contributed by atoms with van der Waals surface area (Å²) in [5.41, 5.74) is 8.88. The summed E-state index contributed by atoms with van der Waals surface area (Å²) < 4.78 is 0. The Balaban J connectivity index is 0.000000271. The highest BCUT2D eigenvalue weighted by atomic mass is 16.4. The van der Waals surface area contributed by atoms with Gasteiger partial charge in [0.05, 0.1) is 12.5 Å². The molecule has 0 spiro atoms. The minimum atomic E-state index is -1.18. The van der Waals surface area contributed by atoms with Crippen LogP contribution in [0, 0.1) is 12.3 Å². The lowest BCUT2D eigenvalue weighted by molar-refractivity contribution is -0.157. The van der Waals surface area contributed by atoms with Crippen molar-refractivity contribution in [3.05, 3.63) is 107 Å². The molecule has 1 heterocycles. The lowest BCUT2D eigenvalue weighted by Crippen LogP contribution is -2.62. The van der Waals surface area contributed by atoms with Crippen molar-refractivity contribution in [2.75, 3.05) is 0 Å². The first-order valence-corrected chi connectivity index (χ1v) is 10.6. The number of nitrogens with zero attached hydrogens (tertiary/aromatic N) is 1. The first-order chi connectivity index (χ1) is 16.3. The Hall–Kier alpha value is -4.46. The maximum atomic E-state index is 12.4. The molecule has 174 valence electrons. The van der Waals surface area contributed by atoms with Gasteiger partial charge in [-0.2, -0.15) is 0 Å². The van der Waals surface area contributed by atoms with E-state index in [2.05, 4.69) is 5.32 Å². The first-order valence-electron chi connectivity index (χ1n) is 10.6. The van der Waals surface area contributed by atoms with Crippen molar-refractivity contribution in [1.29, 1.82) is 5.41 Å². The van der Waals surface area contributed by atoms with Crippen LogP contribution in [-0.4, -0.2) is 39.8 Å². The lowest BCUT2D eigenvalue weighted by atomic mass is 9.98. The summed E-state index contributed by atoms with van der Waals surface area (Å²) >= 11 is 0. The van der Waals surface area contributed by atoms with Gasteiger partial charge in [-0.25, -0.2) is 14.5 Å². The Morgan fingerprint density at radius 3 is 1.97 bits per heavy atom. The van der Waals surface area contributed by atoms with Crippen LogP contribution in [0.5, 0.6) is 0 Å². The second-order valence-electron chi connectivity index (χ2n) is 7.81. The van der Waals surface area contributed by atoms with Crippen molar-refractivity contribution in [3.63, 3.8) is 0 Å². The van der Waals surface area contributed by atoms with Crippen LogP contribution < -0.4 is 11.1 Å². The normalized spacial score (nSPS) is 14.5. The van der Waals surface area contributed by atoms with Crippen LogP contribution in [0.25, 0.3) is 0 Å². The summed E-state index contributed by atoms with van der Waals surface area (Å²) in [7, 11) is 0. The molecule has 3 amide bonds. The molecule has 0 saturated carbocycles. The lowest BCUT2D eigenvalue weighted by Gasteiger charge is -2.36. The summed E-state index contributed by atoms with van der Waals surface area (Å²) in [6.45, 7) is 1.98. The molecule has 4 rings (SSSR count). The van der Waals surface area contributed by atoms with E-state index in [1.165, 1.54) is 0 Å². The number of amidine groups is 1. The molecule has 3 aromatic rings. The topological polar surface area (TPSA) is 137 Å². The molecule has 1 atom stereocenters. The van der Waals surface area contributed by atoms with Gasteiger partial charge < -0.3 is 16.2 Å². The van der Waals surface area contributed by atoms with E-state index < -0.39 is 30.0 Å². The summed E-state index contributed by atoms with van der Waals surface area (Å²) in [6.07, 6.45) is -0.149. The molecule has 8 nitrogen and oxygen atoms in total. The number of aryl methyl sites for hydroxylation is 1. The summed E-state index contributed by atoms with van der Waals surface area (Å²) in [5.74, 6) is -1.54. The Kier molecular flexibility index (Phi) is 7.76. The molecule has 1 fully saturated rings. The first kappa shape index (κ1) is 24.2. The Labute approximate surface area is 197 Å². The predicted molar refractivity (Wildman–Crippen MR) is 128 cm³/mol. The predicted octanol–water partition coefficient (Wildman–Crippen LogP) is 3.45. The van der Waals surface area contributed by atoms with Crippen molar-refractivity contribution >= 4 is 23.7 Å². The van der Waals surface area contributed by atoms with Gasteiger partial charge in [0.1, 0.15) is 11.9 Å². The third kappa shape index (κ3) is 5.86. The van der Waals surface area contributed by atoms with Crippen LogP contribution in [-0.2, 0) is 9.59 Å². The maximum absolute atomic E-state index is 12.4. The molecule has 3 aromatic carbocycles. The highest BCUT2D eigenvalue weighted by Crippen LogP contribution is 2.25. The van der Waals surface area contributed by atoms with Crippen LogP contribution in [0.2, 0.25) is 0 Å². The number of carbonyl (C=O) groups excluding carboxylic acids is 2. The standard InChI is InChI=1S/C18H16N2O4.C8H10N2/c21-15-11-14(17(22)23)20(15)18(24)19-16(12-7-3-1-4-8-12)13-9-5-2-6-10-13;1-6-3-2-4-7(5-6)8(9)10/h1-10,14,16H,11H2,(H,19,24)(H,22,23);2-5H,1H3,(H3,9,10). The van der Waals surface area contributed by atoms with E-state index in [1.54, 1.807) is 0 Å². The number of nitrogen functional groups attached to an aromatic ring is 1. The Morgan fingerprint density at radius 2 is 1.56 bits per heavy atom. The third-order valence-corrected chi connectivity index (χ3v) is 5.31. The number of imide groups is 1. The van der Waals surface area contributed by atoms with Gasteiger partial charge in [0.25, 0.3) is 0 Å². The number of amides is 3. The van der Waals surface area contributed by atoms with Gasteiger partial charge in [-0.15, -0.1) is 0 Å². The molecule has 0 radical (unpaired) electrons. The second kappa shape index (κ2) is 10.9. The average molecular weight is 459 g/mol. The molecule has 1 aliphatic rings. The van der Waals surface area contributed by atoms with Crippen LogP contribution in [0.1, 0.15) is 34.7 Å². The smallest absolute Gasteiger partial charge is 0.327 e. The third-order valence-electron chi connectivity index (χ3n) is 5.31. The molecule has 34 heavy (non-hydrogen) atoms. The Morgan fingerprint density at radius 1 is 1.00 bits per heavy atom. The van der Waals surface area contributed by atoms with Crippen molar-refractivity contribution in [3.8, 4) is 0 Å². The summed E-state index contributed by atoms with van der Waals surface area (Å²) in [5, 5.41) is 18.9. The van der Waals surface area contributed by atoms with E-state index in [4.69, 9.17) is 16.2 Å². The SMILES string of the molecule is Cc1cccc(C(=N)N)c1.O=C(O)C1CC(=O)N1C(=O)NC(c1ccccc1)c1ccccc1. The van der Waals surface area contributed by atoms with Crippen LogP contribution in [0.3, 0.4) is 0 Å². The number of urea groups is 1. The van der Waals surface area contributed by atoms with Gasteiger partial charge in [-0.1, -0.05) is 84.4 Å². The maximum Gasteiger partial charge on any atom is 0.327 e. The molecule has 5 N–H and O–H groups in total. The fourth-order valence-electron chi connectivity index (χ4n) is 3.52. The minimum Gasteiger partial charge on any atom is -0.480 e. The molecule has 0 aromatic heterocycles. The van der Waals surface area contributed by atoms with E-state index in [-0.39, 0.29) is 12.3 Å². The van der Waals surface area contributed by atoms with E-state index in [1.807, 2.05) is 91.9 Å². The van der Waals surface area contributed by atoms with E-state index in [0.29, 0.717) is 0 Å². The number of carboxylic acids is 1. The monoisotopic (exact) mass is 458 g/mol.